The van der Waals surface area contributed by atoms with Crippen molar-refractivity contribution >= 4 is 23.5 Å². The molecule has 15 heteroatoms. The summed E-state index contributed by atoms with van der Waals surface area (Å²) in [6.07, 6.45) is -6.99. The second-order valence-electron chi connectivity index (χ2n) is 12.5. The highest BCUT2D eigenvalue weighted by Gasteiger charge is 2.51. The van der Waals surface area contributed by atoms with Crippen molar-refractivity contribution in [2.45, 2.75) is 76.4 Å². The van der Waals surface area contributed by atoms with Crippen molar-refractivity contribution in [1.29, 1.82) is 0 Å². The maximum Gasteiger partial charge on any atom is 0.416 e. The largest absolute Gasteiger partial charge is 0.496 e. The molecule has 8 nitrogen and oxygen atoms in total. The third kappa shape index (κ3) is 7.64. The minimum Gasteiger partial charge on any atom is -0.496 e. The van der Waals surface area contributed by atoms with Crippen LogP contribution in [0.15, 0.2) is 30.3 Å². The molecule has 0 spiro atoms. The highest BCUT2D eigenvalue weighted by atomic mass is 19.4. The number of amides is 2. The molecule has 48 heavy (non-hydrogen) atoms. The summed E-state index contributed by atoms with van der Waals surface area (Å²) < 4.78 is 112. The normalized spacial score (nSPS) is 25.4. The fourth-order valence-electron chi connectivity index (χ4n) is 7.19. The van der Waals surface area contributed by atoms with Gasteiger partial charge in [-0.15, -0.1) is 0 Å². The maximum absolute atomic E-state index is 15.0. The van der Waals surface area contributed by atoms with Crippen LogP contribution in [0.5, 0.6) is 11.5 Å². The van der Waals surface area contributed by atoms with Gasteiger partial charge in [-0.3, -0.25) is 14.4 Å². The first-order valence-corrected chi connectivity index (χ1v) is 15.7. The van der Waals surface area contributed by atoms with Gasteiger partial charge in [-0.2, -0.15) is 26.3 Å². The first kappa shape index (κ1) is 35.3. The highest BCUT2D eigenvalue weighted by molar-refractivity contribution is 5.99. The zero-order valence-corrected chi connectivity index (χ0v) is 26.1. The minimum absolute atomic E-state index is 0.0290. The molecule has 0 heterocycles. The fourth-order valence-corrected chi connectivity index (χ4v) is 7.19. The van der Waals surface area contributed by atoms with Crippen molar-refractivity contribution in [3.63, 3.8) is 0 Å². The van der Waals surface area contributed by atoms with Crippen molar-refractivity contribution in [3.8, 4) is 11.5 Å². The number of hydrogen-bond donors (Lipinski definition) is 2. The van der Waals surface area contributed by atoms with Crippen LogP contribution in [-0.4, -0.2) is 43.6 Å². The molecule has 2 N–H and O–H groups in total. The zero-order chi connectivity index (χ0) is 35.0. The molecule has 0 aliphatic heterocycles. The predicted octanol–water partition coefficient (Wildman–Crippen LogP) is 7.16. The Balaban J connectivity index is 1.32. The first-order valence-electron chi connectivity index (χ1n) is 15.7. The standard InChI is InChI=1S/C33H35F7N2O6/c1-3-47-31(45)16-6-8-22(9-7-16)48-26-14-23(25(46-2)15-24(26)34)29(43)42-28-18-5-4-17(10-18)27(28)30(44)41-21-12-19(32(35,36)37)11-20(13-21)33(38,39)40/h11-18,22,27-28H,3-10H2,1-2H3,(H,41,44)(H,42,43)/t16-,17-,18+,22+,27+,28-/m1/s1. The van der Waals surface area contributed by atoms with Crippen LogP contribution in [0.1, 0.15) is 73.4 Å². The van der Waals surface area contributed by atoms with Gasteiger partial charge >= 0.3 is 18.3 Å². The number of esters is 1. The Kier molecular flexibility index (Phi) is 10.2. The Bertz CT molecular complexity index is 1510. The maximum atomic E-state index is 15.0. The van der Waals surface area contributed by atoms with E-state index in [2.05, 4.69) is 10.6 Å². The number of nitrogens with one attached hydrogen (secondary N) is 2. The lowest BCUT2D eigenvalue weighted by Gasteiger charge is -2.31. The molecule has 2 aromatic carbocycles. The number of benzene rings is 2. The van der Waals surface area contributed by atoms with Gasteiger partial charge in [-0.1, -0.05) is 0 Å². The molecule has 0 unspecified atom stereocenters. The van der Waals surface area contributed by atoms with E-state index in [1.165, 1.54) is 13.2 Å². The number of anilines is 1. The van der Waals surface area contributed by atoms with Crippen molar-refractivity contribution in [3.05, 3.63) is 52.8 Å². The fraction of sp³-hybridized carbons (Fsp3) is 0.545. The first-order chi connectivity index (χ1) is 22.6. The van der Waals surface area contributed by atoms with Crippen molar-refractivity contribution in [2.24, 2.45) is 23.7 Å². The molecule has 3 fully saturated rings. The second kappa shape index (κ2) is 13.8. The molecule has 3 saturated carbocycles. The van der Waals surface area contributed by atoms with E-state index in [1.54, 1.807) is 6.92 Å². The summed E-state index contributed by atoms with van der Waals surface area (Å²) in [5.41, 5.74) is -3.91. The summed E-state index contributed by atoms with van der Waals surface area (Å²) >= 11 is 0. The molecule has 0 aromatic heterocycles. The van der Waals surface area contributed by atoms with Gasteiger partial charge in [-0.05, 0) is 88.0 Å². The van der Waals surface area contributed by atoms with Crippen LogP contribution in [0.4, 0.5) is 36.4 Å². The van der Waals surface area contributed by atoms with Crippen LogP contribution >= 0.6 is 0 Å². The Morgan fingerprint density at radius 2 is 1.46 bits per heavy atom. The van der Waals surface area contributed by atoms with Gasteiger partial charge in [0.2, 0.25) is 5.91 Å². The second-order valence-corrected chi connectivity index (χ2v) is 12.5. The summed E-state index contributed by atoms with van der Waals surface area (Å²) in [7, 11) is 1.24. The summed E-state index contributed by atoms with van der Waals surface area (Å²) in [6, 6.07) is 2.21. The number of carbonyl (C=O) groups is 3. The molecule has 0 saturated heterocycles. The average Bonchev–Trinajstić information content (AvgIpc) is 3.63. The highest BCUT2D eigenvalue weighted by Crippen LogP contribution is 2.49. The van der Waals surface area contributed by atoms with E-state index in [-0.39, 0.29) is 53.5 Å². The average molecular weight is 689 g/mol. The van der Waals surface area contributed by atoms with Crippen LogP contribution in [0.25, 0.3) is 0 Å². The summed E-state index contributed by atoms with van der Waals surface area (Å²) in [4.78, 5) is 39.1. The lowest BCUT2D eigenvalue weighted by molar-refractivity contribution is -0.149. The van der Waals surface area contributed by atoms with E-state index in [4.69, 9.17) is 14.2 Å². The minimum atomic E-state index is -5.09. The van der Waals surface area contributed by atoms with Crippen LogP contribution in [0, 0.1) is 29.5 Å². The number of carbonyl (C=O) groups excluding carboxylic acids is 3. The molecule has 3 aliphatic carbocycles. The number of rotatable bonds is 9. The molecule has 262 valence electrons. The molecule has 2 bridgehead atoms. The summed E-state index contributed by atoms with van der Waals surface area (Å²) in [6.45, 7) is 1.99. The van der Waals surface area contributed by atoms with Gasteiger partial charge in [0.25, 0.3) is 5.91 Å². The molecule has 2 aromatic rings. The van der Waals surface area contributed by atoms with Gasteiger partial charge in [0.15, 0.2) is 11.6 Å². The monoisotopic (exact) mass is 688 g/mol. The molecular weight excluding hydrogens is 653 g/mol. The Labute approximate surface area is 271 Å². The van der Waals surface area contributed by atoms with Gasteiger partial charge in [0.1, 0.15) is 5.75 Å². The molecule has 3 aliphatic rings. The number of hydrogen-bond acceptors (Lipinski definition) is 6. The van der Waals surface area contributed by atoms with E-state index in [0.717, 1.165) is 6.07 Å². The molecule has 5 rings (SSSR count). The molecule has 0 radical (unpaired) electrons. The Morgan fingerprint density at radius 3 is 2.04 bits per heavy atom. The van der Waals surface area contributed by atoms with Gasteiger partial charge < -0.3 is 24.8 Å². The van der Waals surface area contributed by atoms with Gasteiger partial charge in [0, 0.05) is 17.8 Å². The topological polar surface area (TPSA) is 103 Å². The molecule has 2 amide bonds. The van der Waals surface area contributed by atoms with E-state index in [9.17, 15) is 40.7 Å². The zero-order valence-electron chi connectivity index (χ0n) is 26.1. The molecule has 4 atom stereocenters. The lowest BCUT2D eigenvalue weighted by atomic mass is 9.83. The van der Waals surface area contributed by atoms with Crippen molar-refractivity contribution < 1.29 is 59.3 Å². The SMILES string of the molecule is CCOC(=O)[C@H]1CC[C@@H](Oc2cc(C(=O)N[C@@H]3[C@H]4CC[C@H](C4)[C@@H]3C(=O)Nc3cc(C(F)(F)F)cc(C(F)(F)F)c3)c(OC)cc2F)CC1. The van der Waals surface area contributed by atoms with Gasteiger partial charge in [-0.25, -0.2) is 4.39 Å². The van der Waals surface area contributed by atoms with E-state index in [0.29, 0.717) is 57.1 Å². The summed E-state index contributed by atoms with van der Waals surface area (Å²) in [5, 5.41) is 5.03. The van der Waals surface area contributed by atoms with Crippen molar-refractivity contribution in [1.82, 2.24) is 5.32 Å². The number of fused-ring (bicyclic) bond motifs is 2. The van der Waals surface area contributed by atoms with Crippen LogP contribution < -0.4 is 20.1 Å². The summed E-state index contributed by atoms with van der Waals surface area (Å²) in [5.74, 6) is -4.64. The van der Waals surface area contributed by atoms with E-state index < -0.39 is 64.9 Å². The van der Waals surface area contributed by atoms with Crippen LogP contribution in [0.3, 0.4) is 0 Å². The number of methoxy groups -OCH3 is 1. The lowest BCUT2D eigenvalue weighted by Crippen LogP contribution is -2.48. The van der Waals surface area contributed by atoms with Gasteiger partial charge in [0.05, 0.1) is 48.3 Å². The number of halogens is 7. The number of ether oxygens (including phenoxy) is 3. The predicted molar refractivity (Wildman–Crippen MR) is 157 cm³/mol. The third-order valence-corrected chi connectivity index (χ3v) is 9.46. The van der Waals surface area contributed by atoms with Crippen LogP contribution in [0.2, 0.25) is 0 Å². The van der Waals surface area contributed by atoms with E-state index >= 15 is 4.39 Å². The van der Waals surface area contributed by atoms with Crippen LogP contribution in [-0.2, 0) is 26.7 Å². The van der Waals surface area contributed by atoms with E-state index in [1.807, 2.05) is 0 Å². The molecular formula is C33H35F7N2O6. The number of alkyl halides is 6. The Hall–Kier alpha value is -4.04. The quantitative estimate of drug-likeness (QED) is 0.214. The Morgan fingerprint density at radius 1 is 0.833 bits per heavy atom. The smallest absolute Gasteiger partial charge is 0.416 e. The third-order valence-electron chi connectivity index (χ3n) is 9.46. The van der Waals surface area contributed by atoms with Crippen molar-refractivity contribution in [2.75, 3.05) is 19.0 Å².